The van der Waals surface area contributed by atoms with Gasteiger partial charge in [-0.05, 0) is 64.2 Å². The number of rotatable bonds is 13. The molecule has 3 aliphatic rings. The number of aliphatic hydroxyl groups excluding tert-OH is 1. The number of carbonyl (C=O) groups is 3. The molecule has 3 unspecified atom stereocenters. The standard InChI is InChI=1S/C31H50N2O6/c1-10-12-13-14-18-38-27(37)23-22-25(35)32(16-17-34)24(31(22)19-21(3)30(23,9)39-31)26(36)33(15-11-2)29(7,8)20-28(4,5)6/h10-11,21-24,34H,1-2,12-20H2,3-9H3/t21?,22-,23+,24?,30-,31?/m0/s1. The summed E-state index contributed by atoms with van der Waals surface area (Å²) in [5.74, 6) is -2.73. The first-order chi connectivity index (χ1) is 18.1. The van der Waals surface area contributed by atoms with E-state index >= 15 is 0 Å². The Kier molecular flexibility index (Phi) is 9.13. The van der Waals surface area contributed by atoms with E-state index in [2.05, 4.69) is 33.9 Å². The van der Waals surface area contributed by atoms with Crippen molar-refractivity contribution in [3.05, 3.63) is 25.3 Å². The molecule has 0 aliphatic carbocycles. The van der Waals surface area contributed by atoms with Crippen molar-refractivity contribution < 1.29 is 29.0 Å². The van der Waals surface area contributed by atoms with Crippen LogP contribution in [0, 0.1) is 23.2 Å². The van der Waals surface area contributed by atoms with Crippen molar-refractivity contribution in [2.24, 2.45) is 23.2 Å². The van der Waals surface area contributed by atoms with Crippen LogP contribution < -0.4 is 0 Å². The zero-order chi connectivity index (χ0) is 29.4. The first-order valence-electron chi connectivity index (χ1n) is 14.4. The molecule has 0 radical (unpaired) electrons. The van der Waals surface area contributed by atoms with E-state index in [4.69, 9.17) is 9.47 Å². The van der Waals surface area contributed by atoms with E-state index < -0.39 is 40.6 Å². The number of hydrogen-bond donors (Lipinski definition) is 1. The lowest BCUT2D eigenvalue weighted by Gasteiger charge is -2.45. The molecule has 2 amide bonds. The second-order valence-corrected chi connectivity index (χ2v) is 13.7. The number of aliphatic hydroxyl groups is 1. The number of ether oxygens (including phenoxy) is 2. The van der Waals surface area contributed by atoms with Gasteiger partial charge in [-0.25, -0.2) is 0 Å². The molecule has 1 spiro atoms. The van der Waals surface area contributed by atoms with Crippen LogP contribution in [0.25, 0.3) is 0 Å². The quantitative estimate of drug-likeness (QED) is 0.212. The van der Waals surface area contributed by atoms with E-state index in [0.717, 1.165) is 19.3 Å². The fraction of sp³-hybridized carbons (Fsp3) is 0.774. The number of allylic oxidation sites excluding steroid dienone is 1. The molecule has 0 aromatic carbocycles. The normalized spacial score (nSPS) is 31.8. The number of amides is 2. The number of unbranched alkanes of at least 4 members (excludes halogenated alkanes) is 2. The van der Waals surface area contributed by atoms with E-state index in [1.807, 2.05) is 33.8 Å². The van der Waals surface area contributed by atoms with Crippen LogP contribution in [0.15, 0.2) is 25.3 Å². The fourth-order valence-electron chi connectivity index (χ4n) is 7.68. The number of hydrogen-bond acceptors (Lipinski definition) is 6. The number of likely N-dealkylation sites (tertiary alicyclic amines) is 1. The van der Waals surface area contributed by atoms with E-state index in [0.29, 0.717) is 19.4 Å². The van der Waals surface area contributed by atoms with Gasteiger partial charge in [0.25, 0.3) is 0 Å². The van der Waals surface area contributed by atoms with Crippen LogP contribution in [0.3, 0.4) is 0 Å². The minimum Gasteiger partial charge on any atom is -0.465 e. The molecule has 0 saturated carbocycles. The fourth-order valence-corrected chi connectivity index (χ4v) is 7.68. The van der Waals surface area contributed by atoms with Crippen LogP contribution in [0.2, 0.25) is 0 Å². The summed E-state index contributed by atoms with van der Waals surface area (Å²) in [6.07, 6.45) is 7.15. The van der Waals surface area contributed by atoms with E-state index in [9.17, 15) is 19.5 Å². The maximum Gasteiger partial charge on any atom is 0.312 e. The first-order valence-corrected chi connectivity index (χ1v) is 14.4. The zero-order valence-corrected chi connectivity index (χ0v) is 25.1. The van der Waals surface area contributed by atoms with Gasteiger partial charge in [-0.2, -0.15) is 0 Å². The highest BCUT2D eigenvalue weighted by Gasteiger charge is 2.80. The lowest BCUT2D eigenvalue weighted by atomic mass is 9.62. The smallest absolute Gasteiger partial charge is 0.312 e. The molecular weight excluding hydrogens is 496 g/mol. The summed E-state index contributed by atoms with van der Waals surface area (Å²) >= 11 is 0. The first kappa shape index (κ1) is 31.3. The minimum atomic E-state index is -1.17. The Balaban J connectivity index is 2.02. The Bertz CT molecular complexity index is 971. The van der Waals surface area contributed by atoms with Crippen LogP contribution in [0.5, 0.6) is 0 Å². The highest BCUT2D eigenvalue weighted by molar-refractivity contribution is 5.98. The van der Waals surface area contributed by atoms with Gasteiger partial charge in [0, 0.05) is 18.6 Å². The molecule has 8 heteroatoms. The maximum atomic E-state index is 14.6. The SMILES string of the molecule is C=CCCCCOC(=O)[C@H]1[C@H]2C(=O)N(CCO)C(C(=O)N(CC=C)C(C)(C)CC(C)(C)C)C23CC(C)[C@]1(C)O3. The third-order valence-electron chi connectivity index (χ3n) is 8.96. The molecular formula is C31H50N2O6. The monoisotopic (exact) mass is 546 g/mol. The number of fused-ring (bicyclic) bond motifs is 1. The van der Waals surface area contributed by atoms with Gasteiger partial charge >= 0.3 is 5.97 Å². The van der Waals surface area contributed by atoms with Crippen LogP contribution in [0.1, 0.15) is 80.6 Å². The predicted octanol–water partition coefficient (Wildman–Crippen LogP) is 4.12. The Morgan fingerprint density at radius 2 is 1.87 bits per heavy atom. The summed E-state index contributed by atoms with van der Waals surface area (Å²) in [7, 11) is 0. The van der Waals surface area contributed by atoms with Crippen LogP contribution in [0.4, 0.5) is 0 Å². The number of carbonyl (C=O) groups excluding carboxylic acids is 3. The molecule has 3 aliphatic heterocycles. The van der Waals surface area contributed by atoms with Gasteiger partial charge in [0.1, 0.15) is 17.6 Å². The van der Waals surface area contributed by atoms with Crippen molar-refractivity contribution in [2.75, 3.05) is 26.3 Å². The summed E-state index contributed by atoms with van der Waals surface area (Å²) in [5.41, 5.74) is -2.68. The van der Waals surface area contributed by atoms with Gasteiger partial charge in [-0.3, -0.25) is 14.4 Å². The van der Waals surface area contributed by atoms with E-state index in [-0.39, 0.29) is 42.9 Å². The highest BCUT2D eigenvalue weighted by atomic mass is 16.6. The van der Waals surface area contributed by atoms with Gasteiger partial charge in [-0.1, -0.05) is 39.8 Å². The van der Waals surface area contributed by atoms with Crippen molar-refractivity contribution in [3.8, 4) is 0 Å². The molecule has 3 rings (SSSR count). The summed E-state index contributed by atoms with van der Waals surface area (Å²) in [5, 5.41) is 9.92. The van der Waals surface area contributed by atoms with Gasteiger partial charge in [0.2, 0.25) is 11.8 Å². The molecule has 3 heterocycles. The molecule has 3 saturated heterocycles. The summed E-state index contributed by atoms with van der Waals surface area (Å²) in [6.45, 7) is 22.2. The Labute approximate surface area is 234 Å². The van der Waals surface area contributed by atoms with Crippen molar-refractivity contribution in [3.63, 3.8) is 0 Å². The molecule has 0 aromatic heterocycles. The van der Waals surface area contributed by atoms with Gasteiger partial charge < -0.3 is 24.4 Å². The summed E-state index contributed by atoms with van der Waals surface area (Å²) in [6, 6.07) is -0.948. The van der Waals surface area contributed by atoms with E-state index in [1.54, 1.807) is 11.0 Å². The number of nitrogens with zero attached hydrogens (tertiary/aromatic N) is 2. The van der Waals surface area contributed by atoms with Crippen LogP contribution in [-0.2, 0) is 23.9 Å². The second-order valence-electron chi connectivity index (χ2n) is 13.7. The Morgan fingerprint density at radius 3 is 2.44 bits per heavy atom. The van der Waals surface area contributed by atoms with Gasteiger partial charge in [-0.15, -0.1) is 13.2 Å². The lowest BCUT2D eigenvalue weighted by Crippen LogP contribution is -2.61. The van der Waals surface area contributed by atoms with Gasteiger partial charge in [0.05, 0.1) is 24.7 Å². The van der Waals surface area contributed by atoms with Crippen molar-refractivity contribution in [2.45, 2.75) is 103 Å². The van der Waals surface area contributed by atoms with Crippen molar-refractivity contribution in [1.82, 2.24) is 9.80 Å². The van der Waals surface area contributed by atoms with Gasteiger partial charge in [0.15, 0.2) is 0 Å². The van der Waals surface area contributed by atoms with Crippen molar-refractivity contribution in [1.29, 1.82) is 0 Å². The average molecular weight is 547 g/mol. The molecule has 3 fully saturated rings. The number of esters is 1. The molecule has 6 atom stereocenters. The number of β-amino-alcohol motifs (C(OH)–C–C–N with tert-alkyl or cyclic N) is 1. The third kappa shape index (κ3) is 5.56. The highest BCUT2D eigenvalue weighted by Crippen LogP contribution is 2.65. The lowest BCUT2D eigenvalue weighted by molar-refractivity contribution is -0.163. The molecule has 1 N–H and O–H groups in total. The van der Waals surface area contributed by atoms with Crippen molar-refractivity contribution >= 4 is 17.8 Å². The second kappa shape index (κ2) is 11.4. The third-order valence-corrected chi connectivity index (χ3v) is 8.96. The Hall–Kier alpha value is -2.19. The minimum absolute atomic E-state index is 0.00705. The van der Waals surface area contributed by atoms with Crippen LogP contribution >= 0.6 is 0 Å². The van der Waals surface area contributed by atoms with Crippen LogP contribution in [-0.4, -0.2) is 81.8 Å². The Morgan fingerprint density at radius 1 is 1.21 bits per heavy atom. The van der Waals surface area contributed by atoms with E-state index in [1.165, 1.54) is 4.90 Å². The zero-order valence-electron chi connectivity index (χ0n) is 25.1. The molecule has 2 bridgehead atoms. The largest absolute Gasteiger partial charge is 0.465 e. The molecule has 0 aromatic rings. The topological polar surface area (TPSA) is 96.4 Å². The molecule has 8 nitrogen and oxygen atoms in total. The maximum absolute atomic E-state index is 14.6. The molecule has 220 valence electrons. The summed E-state index contributed by atoms with van der Waals surface area (Å²) in [4.78, 5) is 45.4. The molecule has 39 heavy (non-hydrogen) atoms. The predicted molar refractivity (Wildman–Crippen MR) is 151 cm³/mol. The average Bonchev–Trinajstić information content (AvgIpc) is 3.32. The summed E-state index contributed by atoms with van der Waals surface area (Å²) < 4.78 is 12.4.